The topological polar surface area (TPSA) is 67.4 Å². The molecule has 0 aliphatic heterocycles. The van der Waals surface area contributed by atoms with E-state index in [1.54, 1.807) is 24.3 Å². The number of ether oxygens (including phenoxy) is 1. The number of anilines is 2. The van der Waals surface area contributed by atoms with E-state index in [-0.39, 0.29) is 24.3 Å². The second kappa shape index (κ2) is 7.70. The smallest absolute Gasteiger partial charge is 0.262 e. The van der Waals surface area contributed by atoms with E-state index in [1.165, 1.54) is 0 Å². The Morgan fingerprint density at radius 1 is 1.16 bits per heavy atom. The van der Waals surface area contributed by atoms with Crippen molar-refractivity contribution in [2.24, 2.45) is 5.92 Å². The first-order chi connectivity index (χ1) is 12.0. The molecule has 2 N–H and O–H groups in total. The molecule has 130 valence electrons. The van der Waals surface area contributed by atoms with Crippen molar-refractivity contribution in [3.63, 3.8) is 0 Å². The molecule has 1 aliphatic carbocycles. The number of benzene rings is 2. The van der Waals surface area contributed by atoms with Gasteiger partial charge in [-0.3, -0.25) is 9.59 Å². The molecule has 25 heavy (non-hydrogen) atoms. The first-order valence-corrected chi connectivity index (χ1v) is 8.90. The second-order valence-corrected chi connectivity index (χ2v) is 7.00. The van der Waals surface area contributed by atoms with Crippen molar-refractivity contribution >= 4 is 39.1 Å². The summed E-state index contributed by atoms with van der Waals surface area (Å²) < 4.78 is 6.49. The third-order valence-electron chi connectivity index (χ3n) is 3.88. The molecule has 0 aromatic heterocycles. The third kappa shape index (κ3) is 5.06. The molecule has 2 aromatic rings. The number of hydrogen-bond acceptors (Lipinski definition) is 3. The fraction of sp³-hybridized carbons (Fsp3) is 0.263. The Hall–Kier alpha value is -2.34. The fourth-order valence-electron chi connectivity index (χ4n) is 2.36. The van der Waals surface area contributed by atoms with Crippen LogP contribution in [-0.2, 0) is 9.59 Å². The molecule has 0 unspecified atom stereocenters. The number of nitrogens with one attached hydrogen (secondary N) is 2. The number of aryl methyl sites for hydroxylation is 1. The van der Waals surface area contributed by atoms with Crippen LogP contribution in [0.3, 0.4) is 0 Å². The van der Waals surface area contributed by atoms with Gasteiger partial charge in [-0.2, -0.15) is 0 Å². The molecule has 2 aromatic carbocycles. The Morgan fingerprint density at radius 2 is 1.96 bits per heavy atom. The number of amides is 2. The highest BCUT2D eigenvalue weighted by Gasteiger charge is 2.29. The molecule has 1 fully saturated rings. The minimum Gasteiger partial charge on any atom is -0.484 e. The molecule has 0 saturated heterocycles. The standard InChI is InChI=1S/C19H19BrN2O3/c1-12-9-14(20)7-8-17(12)22-18(23)11-25-16-4-2-3-15(10-16)21-19(24)13-5-6-13/h2-4,7-10,13H,5-6,11H2,1H3,(H,21,24)(H,22,23). The Morgan fingerprint density at radius 3 is 2.68 bits per heavy atom. The lowest BCUT2D eigenvalue weighted by Crippen LogP contribution is -2.20. The predicted octanol–water partition coefficient (Wildman–Crippen LogP) is 4.12. The number of hydrogen-bond donors (Lipinski definition) is 2. The Bertz CT molecular complexity index is 803. The number of halogens is 1. The largest absolute Gasteiger partial charge is 0.484 e. The first kappa shape index (κ1) is 17.5. The van der Waals surface area contributed by atoms with Gasteiger partial charge in [-0.05, 0) is 55.7 Å². The van der Waals surface area contributed by atoms with Crippen LogP contribution >= 0.6 is 15.9 Å². The van der Waals surface area contributed by atoms with E-state index in [4.69, 9.17) is 4.74 Å². The van der Waals surface area contributed by atoms with Crippen molar-refractivity contribution < 1.29 is 14.3 Å². The molecule has 1 saturated carbocycles. The molecule has 5 nitrogen and oxygen atoms in total. The van der Waals surface area contributed by atoms with Crippen LogP contribution < -0.4 is 15.4 Å². The summed E-state index contributed by atoms with van der Waals surface area (Å²) in [4.78, 5) is 23.9. The van der Waals surface area contributed by atoms with Gasteiger partial charge < -0.3 is 15.4 Å². The van der Waals surface area contributed by atoms with Crippen LogP contribution in [0.25, 0.3) is 0 Å². The minimum atomic E-state index is -0.238. The molecular weight excluding hydrogens is 384 g/mol. The van der Waals surface area contributed by atoms with Gasteiger partial charge in [0.15, 0.2) is 6.61 Å². The normalized spacial score (nSPS) is 13.2. The van der Waals surface area contributed by atoms with Crippen LogP contribution in [0.1, 0.15) is 18.4 Å². The molecular formula is C19H19BrN2O3. The Kier molecular flexibility index (Phi) is 5.38. The predicted molar refractivity (Wildman–Crippen MR) is 101 cm³/mol. The summed E-state index contributed by atoms with van der Waals surface area (Å²) in [5, 5.41) is 5.68. The van der Waals surface area contributed by atoms with E-state index in [0.29, 0.717) is 11.4 Å². The van der Waals surface area contributed by atoms with Gasteiger partial charge in [0.1, 0.15) is 5.75 Å². The zero-order valence-corrected chi connectivity index (χ0v) is 15.4. The van der Waals surface area contributed by atoms with Crippen molar-refractivity contribution in [1.82, 2.24) is 0 Å². The van der Waals surface area contributed by atoms with E-state index < -0.39 is 0 Å². The highest BCUT2D eigenvalue weighted by Crippen LogP contribution is 2.30. The highest BCUT2D eigenvalue weighted by molar-refractivity contribution is 9.10. The van der Waals surface area contributed by atoms with Crippen molar-refractivity contribution in [2.45, 2.75) is 19.8 Å². The average Bonchev–Trinajstić information content (AvgIpc) is 3.41. The molecule has 0 bridgehead atoms. The van der Waals surface area contributed by atoms with Gasteiger partial charge in [-0.1, -0.05) is 22.0 Å². The second-order valence-electron chi connectivity index (χ2n) is 6.09. The Labute approximate surface area is 154 Å². The fourth-order valence-corrected chi connectivity index (χ4v) is 2.83. The summed E-state index contributed by atoms with van der Waals surface area (Å²) >= 11 is 3.39. The maximum absolute atomic E-state index is 12.1. The quantitative estimate of drug-likeness (QED) is 0.763. The minimum absolute atomic E-state index is 0.0422. The van der Waals surface area contributed by atoms with Gasteiger partial charge in [0, 0.05) is 27.8 Å². The first-order valence-electron chi connectivity index (χ1n) is 8.11. The van der Waals surface area contributed by atoms with Crippen molar-refractivity contribution in [3.05, 3.63) is 52.5 Å². The van der Waals surface area contributed by atoms with E-state index in [2.05, 4.69) is 26.6 Å². The summed E-state index contributed by atoms with van der Waals surface area (Å²) in [6.45, 7) is 1.82. The molecule has 0 atom stereocenters. The summed E-state index contributed by atoms with van der Waals surface area (Å²) in [7, 11) is 0. The lowest BCUT2D eigenvalue weighted by molar-refractivity contribution is -0.118. The number of carbonyl (C=O) groups is 2. The van der Waals surface area contributed by atoms with E-state index in [1.807, 2.05) is 25.1 Å². The maximum Gasteiger partial charge on any atom is 0.262 e. The van der Waals surface area contributed by atoms with Gasteiger partial charge in [-0.15, -0.1) is 0 Å². The van der Waals surface area contributed by atoms with Crippen LogP contribution in [0.15, 0.2) is 46.9 Å². The van der Waals surface area contributed by atoms with E-state index in [9.17, 15) is 9.59 Å². The summed E-state index contributed by atoms with van der Waals surface area (Å²) in [5.74, 6) is 0.485. The van der Waals surface area contributed by atoms with E-state index in [0.717, 1.165) is 28.6 Å². The molecule has 2 amide bonds. The van der Waals surface area contributed by atoms with Gasteiger partial charge in [0.25, 0.3) is 5.91 Å². The highest BCUT2D eigenvalue weighted by atomic mass is 79.9. The molecule has 0 spiro atoms. The van der Waals surface area contributed by atoms with Gasteiger partial charge in [0.05, 0.1) is 0 Å². The third-order valence-corrected chi connectivity index (χ3v) is 4.38. The van der Waals surface area contributed by atoms with Crippen LogP contribution in [0.4, 0.5) is 11.4 Å². The zero-order valence-electron chi connectivity index (χ0n) is 13.8. The molecule has 1 aliphatic rings. The van der Waals surface area contributed by atoms with Crippen molar-refractivity contribution in [3.8, 4) is 5.75 Å². The van der Waals surface area contributed by atoms with Crippen LogP contribution in [0.5, 0.6) is 5.75 Å². The summed E-state index contributed by atoms with van der Waals surface area (Å²) in [6, 6.07) is 12.7. The maximum atomic E-state index is 12.1. The SMILES string of the molecule is Cc1cc(Br)ccc1NC(=O)COc1cccc(NC(=O)C2CC2)c1. The lowest BCUT2D eigenvalue weighted by Gasteiger charge is -2.11. The van der Waals surface area contributed by atoms with Crippen molar-refractivity contribution in [2.75, 3.05) is 17.2 Å². The molecule has 6 heteroatoms. The summed E-state index contributed by atoms with van der Waals surface area (Å²) in [6.07, 6.45) is 1.91. The molecule has 3 rings (SSSR count). The monoisotopic (exact) mass is 402 g/mol. The van der Waals surface area contributed by atoms with Gasteiger partial charge in [-0.25, -0.2) is 0 Å². The average molecular weight is 403 g/mol. The van der Waals surface area contributed by atoms with Crippen LogP contribution in [0, 0.1) is 12.8 Å². The Balaban J connectivity index is 1.53. The molecule has 0 heterocycles. The van der Waals surface area contributed by atoms with Gasteiger partial charge in [0.2, 0.25) is 5.91 Å². The lowest BCUT2D eigenvalue weighted by atomic mass is 10.2. The van der Waals surface area contributed by atoms with Crippen LogP contribution in [0.2, 0.25) is 0 Å². The van der Waals surface area contributed by atoms with Crippen LogP contribution in [-0.4, -0.2) is 18.4 Å². The van der Waals surface area contributed by atoms with Gasteiger partial charge >= 0.3 is 0 Å². The number of rotatable bonds is 6. The molecule has 0 radical (unpaired) electrons. The van der Waals surface area contributed by atoms with E-state index >= 15 is 0 Å². The zero-order chi connectivity index (χ0) is 17.8. The summed E-state index contributed by atoms with van der Waals surface area (Å²) in [5.41, 5.74) is 2.40. The van der Waals surface area contributed by atoms with Crippen molar-refractivity contribution in [1.29, 1.82) is 0 Å². The number of carbonyl (C=O) groups excluding carboxylic acids is 2.